The van der Waals surface area contributed by atoms with Gasteiger partial charge in [-0.25, -0.2) is 4.79 Å². The van der Waals surface area contributed by atoms with Crippen molar-refractivity contribution in [3.05, 3.63) is 30.0 Å². The number of carbonyl (C=O) groups excluding carboxylic acids is 2. The molecule has 112 valence electrons. The fourth-order valence-electron chi connectivity index (χ4n) is 2.06. The third-order valence-electron chi connectivity index (χ3n) is 3.37. The van der Waals surface area contributed by atoms with E-state index in [4.69, 9.17) is 10.5 Å². The molecule has 0 saturated heterocycles. The molecular weight excluding hydrogens is 270 g/mol. The highest BCUT2D eigenvalue weighted by molar-refractivity contribution is 5.91. The lowest BCUT2D eigenvalue weighted by atomic mass is 10.1. The molecule has 21 heavy (non-hydrogen) atoms. The van der Waals surface area contributed by atoms with Crippen LogP contribution in [0.15, 0.2) is 24.4 Å². The predicted molar refractivity (Wildman–Crippen MR) is 80.1 cm³/mol. The van der Waals surface area contributed by atoms with Gasteiger partial charge in [0.25, 0.3) is 0 Å². The van der Waals surface area contributed by atoms with E-state index in [1.165, 1.54) is 4.90 Å². The van der Waals surface area contributed by atoms with Crippen LogP contribution < -0.4 is 10.5 Å². The first-order chi connectivity index (χ1) is 10.0. The Bertz CT molecular complexity index is 663. The fourth-order valence-corrected chi connectivity index (χ4v) is 2.06. The van der Waals surface area contributed by atoms with Crippen LogP contribution in [0.1, 0.15) is 18.9 Å². The van der Waals surface area contributed by atoms with Crippen molar-refractivity contribution < 1.29 is 14.3 Å². The van der Waals surface area contributed by atoms with Crippen LogP contribution in [-0.2, 0) is 11.2 Å². The molecule has 0 aliphatic carbocycles. The lowest BCUT2D eigenvalue weighted by Gasteiger charge is -2.15. The van der Waals surface area contributed by atoms with Crippen molar-refractivity contribution in [3.8, 4) is 5.75 Å². The van der Waals surface area contributed by atoms with Gasteiger partial charge in [0.1, 0.15) is 5.75 Å². The molecule has 0 bridgehead atoms. The molecule has 6 nitrogen and oxygen atoms in total. The molecule has 2 amide bonds. The zero-order valence-electron chi connectivity index (χ0n) is 12.2. The molecule has 3 N–H and O–H groups in total. The first-order valence-corrected chi connectivity index (χ1v) is 6.83. The van der Waals surface area contributed by atoms with Gasteiger partial charge in [0.05, 0.1) is 0 Å². The van der Waals surface area contributed by atoms with Crippen LogP contribution >= 0.6 is 0 Å². The summed E-state index contributed by atoms with van der Waals surface area (Å²) in [5.74, 6) is 0.128. The van der Waals surface area contributed by atoms with Gasteiger partial charge in [0.2, 0.25) is 5.91 Å². The largest absolute Gasteiger partial charge is 0.414 e. The molecule has 6 heteroatoms. The highest BCUT2D eigenvalue weighted by Gasteiger charge is 2.15. The molecule has 0 aliphatic heterocycles. The molecule has 0 atom stereocenters. The van der Waals surface area contributed by atoms with Crippen LogP contribution in [0.2, 0.25) is 0 Å². The second-order valence-corrected chi connectivity index (χ2v) is 4.84. The zero-order chi connectivity index (χ0) is 15.4. The number of aromatic amines is 1. The first kappa shape index (κ1) is 14.9. The Morgan fingerprint density at radius 1 is 1.38 bits per heavy atom. The summed E-state index contributed by atoms with van der Waals surface area (Å²) in [5, 5.41) is 0.816. The van der Waals surface area contributed by atoms with E-state index < -0.39 is 6.09 Å². The van der Waals surface area contributed by atoms with Gasteiger partial charge < -0.3 is 20.4 Å². The van der Waals surface area contributed by atoms with Crippen molar-refractivity contribution in [2.24, 2.45) is 5.73 Å². The summed E-state index contributed by atoms with van der Waals surface area (Å²) in [7, 11) is 1.67. The Balaban J connectivity index is 2.32. The number of aryl methyl sites for hydroxylation is 1. The minimum Gasteiger partial charge on any atom is -0.409 e. The van der Waals surface area contributed by atoms with E-state index in [-0.39, 0.29) is 12.3 Å². The van der Waals surface area contributed by atoms with E-state index in [2.05, 4.69) is 4.98 Å². The Kier molecular flexibility index (Phi) is 4.47. The summed E-state index contributed by atoms with van der Waals surface area (Å²) in [4.78, 5) is 27.4. The quantitative estimate of drug-likeness (QED) is 0.882. The molecule has 0 spiro atoms. The SMILES string of the molecule is CCN(C)C(=O)Oc1cccc2[nH]cc(CCC(N)=O)c12. The minimum absolute atomic E-state index is 0.254. The van der Waals surface area contributed by atoms with Gasteiger partial charge in [0, 0.05) is 37.1 Å². The van der Waals surface area contributed by atoms with Crippen LogP contribution in [0, 0.1) is 0 Å². The molecule has 0 aliphatic rings. The number of H-pyrrole nitrogens is 1. The second kappa shape index (κ2) is 6.30. The Hall–Kier alpha value is -2.50. The summed E-state index contributed by atoms with van der Waals surface area (Å²) in [5.41, 5.74) is 6.96. The van der Waals surface area contributed by atoms with Crippen molar-refractivity contribution in [1.82, 2.24) is 9.88 Å². The molecule has 1 aromatic heterocycles. The van der Waals surface area contributed by atoms with Crippen molar-refractivity contribution in [1.29, 1.82) is 0 Å². The lowest BCUT2D eigenvalue weighted by Crippen LogP contribution is -2.29. The number of fused-ring (bicyclic) bond motifs is 1. The third kappa shape index (κ3) is 3.34. The lowest BCUT2D eigenvalue weighted by molar-refractivity contribution is -0.117. The molecule has 2 rings (SSSR count). The number of hydrogen-bond acceptors (Lipinski definition) is 3. The number of primary amides is 1. The average molecular weight is 289 g/mol. The van der Waals surface area contributed by atoms with E-state index >= 15 is 0 Å². The molecule has 1 aromatic carbocycles. The van der Waals surface area contributed by atoms with Gasteiger partial charge in [-0.05, 0) is 31.0 Å². The number of nitrogens with two attached hydrogens (primary N) is 1. The van der Waals surface area contributed by atoms with Crippen LogP contribution in [0.5, 0.6) is 5.75 Å². The topological polar surface area (TPSA) is 88.4 Å². The maximum Gasteiger partial charge on any atom is 0.414 e. The number of benzene rings is 1. The molecule has 0 fully saturated rings. The van der Waals surface area contributed by atoms with Crippen LogP contribution in [0.25, 0.3) is 10.9 Å². The second-order valence-electron chi connectivity index (χ2n) is 4.84. The molecule has 0 saturated carbocycles. The highest BCUT2D eigenvalue weighted by atomic mass is 16.6. The summed E-state index contributed by atoms with van der Waals surface area (Å²) in [6, 6.07) is 5.45. The summed E-state index contributed by atoms with van der Waals surface area (Å²) < 4.78 is 5.44. The number of rotatable bonds is 5. The van der Waals surface area contributed by atoms with E-state index in [1.54, 1.807) is 13.1 Å². The average Bonchev–Trinajstić information content (AvgIpc) is 2.88. The number of amides is 2. The zero-order valence-corrected chi connectivity index (χ0v) is 12.2. The van der Waals surface area contributed by atoms with Crippen LogP contribution in [-0.4, -0.2) is 35.5 Å². The van der Waals surface area contributed by atoms with Crippen LogP contribution in [0.4, 0.5) is 4.79 Å². The molecule has 1 heterocycles. The van der Waals surface area contributed by atoms with Crippen molar-refractivity contribution in [2.75, 3.05) is 13.6 Å². The van der Waals surface area contributed by atoms with Crippen molar-refractivity contribution in [2.45, 2.75) is 19.8 Å². The maximum atomic E-state index is 11.9. The van der Waals surface area contributed by atoms with E-state index in [9.17, 15) is 9.59 Å². The minimum atomic E-state index is -0.410. The van der Waals surface area contributed by atoms with E-state index in [0.29, 0.717) is 18.7 Å². The van der Waals surface area contributed by atoms with E-state index in [0.717, 1.165) is 16.5 Å². The molecule has 0 radical (unpaired) electrons. The Morgan fingerprint density at radius 2 is 2.14 bits per heavy atom. The highest BCUT2D eigenvalue weighted by Crippen LogP contribution is 2.29. The van der Waals surface area contributed by atoms with Gasteiger partial charge >= 0.3 is 6.09 Å². The van der Waals surface area contributed by atoms with Gasteiger partial charge in [-0.15, -0.1) is 0 Å². The fraction of sp³-hybridized carbons (Fsp3) is 0.333. The molecule has 2 aromatic rings. The smallest absolute Gasteiger partial charge is 0.409 e. The van der Waals surface area contributed by atoms with Gasteiger partial charge in [-0.3, -0.25) is 4.79 Å². The number of nitrogens with one attached hydrogen (secondary N) is 1. The van der Waals surface area contributed by atoms with Crippen molar-refractivity contribution in [3.63, 3.8) is 0 Å². The standard InChI is InChI=1S/C15H19N3O3/c1-3-18(2)15(20)21-12-6-4-5-11-14(12)10(9-17-11)7-8-13(16)19/h4-6,9,17H,3,7-8H2,1-2H3,(H2,16,19). The first-order valence-electron chi connectivity index (χ1n) is 6.83. The number of carbonyl (C=O) groups is 2. The number of aromatic nitrogens is 1. The Labute approximate surface area is 122 Å². The number of hydrogen-bond donors (Lipinski definition) is 2. The number of nitrogens with zero attached hydrogens (tertiary/aromatic N) is 1. The maximum absolute atomic E-state index is 11.9. The number of ether oxygens (including phenoxy) is 1. The van der Waals surface area contributed by atoms with Gasteiger partial charge in [0.15, 0.2) is 0 Å². The molecular formula is C15H19N3O3. The van der Waals surface area contributed by atoms with E-state index in [1.807, 2.05) is 25.3 Å². The molecule has 0 unspecified atom stereocenters. The summed E-state index contributed by atoms with van der Waals surface area (Å²) >= 11 is 0. The van der Waals surface area contributed by atoms with Gasteiger partial charge in [-0.2, -0.15) is 0 Å². The van der Waals surface area contributed by atoms with Crippen LogP contribution in [0.3, 0.4) is 0 Å². The van der Waals surface area contributed by atoms with Crippen molar-refractivity contribution >= 4 is 22.9 Å². The predicted octanol–water partition coefficient (Wildman–Crippen LogP) is 2.04. The summed E-state index contributed by atoms with van der Waals surface area (Å²) in [6.07, 6.45) is 2.17. The monoisotopic (exact) mass is 289 g/mol. The normalized spacial score (nSPS) is 10.6. The van der Waals surface area contributed by atoms with Gasteiger partial charge in [-0.1, -0.05) is 6.07 Å². The summed E-state index contributed by atoms with van der Waals surface area (Å²) in [6.45, 7) is 2.44. The third-order valence-corrected chi connectivity index (χ3v) is 3.37. The Morgan fingerprint density at radius 3 is 2.81 bits per heavy atom.